The average Bonchev–Trinajstić information content (AvgIpc) is 3.46. The van der Waals surface area contributed by atoms with Gasteiger partial charge in [-0.1, -0.05) is 366 Å². The van der Waals surface area contributed by atoms with Gasteiger partial charge in [-0.3, -0.25) is 9.59 Å². The maximum absolute atomic E-state index is 12.5. The van der Waals surface area contributed by atoms with Gasteiger partial charge in [-0.25, -0.2) is 0 Å². The SMILES string of the molecule is CCCCC/C=C\CCCCCCCC(=O)OCCCCCCCCCCCCCCCCCCCCCCCCCCCCCCCCCCC(=O)NC(CO)C(O)/C=C/CCCCCCCCCCCCCCCCCCC. The molecule has 6 heteroatoms. The fourth-order valence-corrected chi connectivity index (χ4v) is 11.6. The molecule has 0 bridgehead atoms. The Hall–Kier alpha value is -1.66. The Morgan fingerprint density at radius 3 is 0.912 bits per heavy atom. The van der Waals surface area contributed by atoms with Gasteiger partial charge in [0.25, 0.3) is 0 Å². The lowest BCUT2D eigenvalue weighted by Crippen LogP contribution is -2.45. The molecule has 0 fully saturated rings. The normalized spacial score (nSPS) is 12.6. The lowest BCUT2D eigenvalue weighted by Gasteiger charge is -2.20. The maximum atomic E-state index is 12.5. The second-order valence-corrected chi connectivity index (χ2v) is 25.3. The van der Waals surface area contributed by atoms with Crippen molar-refractivity contribution in [3.05, 3.63) is 24.3 Å². The second-order valence-electron chi connectivity index (χ2n) is 25.3. The maximum Gasteiger partial charge on any atom is 0.305 e. The summed E-state index contributed by atoms with van der Waals surface area (Å²) in [5.41, 5.74) is 0. The summed E-state index contributed by atoms with van der Waals surface area (Å²) in [6.45, 7) is 4.92. The summed E-state index contributed by atoms with van der Waals surface area (Å²) in [6, 6.07) is -0.625. The van der Waals surface area contributed by atoms with Gasteiger partial charge in [0.1, 0.15) is 0 Å². The molecule has 2 unspecified atom stereocenters. The van der Waals surface area contributed by atoms with Gasteiger partial charge >= 0.3 is 5.97 Å². The Labute approximate surface area is 501 Å². The lowest BCUT2D eigenvalue weighted by atomic mass is 10.0. The van der Waals surface area contributed by atoms with Crippen LogP contribution < -0.4 is 5.32 Å². The molecule has 0 aliphatic rings. The van der Waals surface area contributed by atoms with E-state index in [0.717, 1.165) is 44.9 Å². The van der Waals surface area contributed by atoms with Crippen molar-refractivity contribution >= 4 is 11.9 Å². The highest BCUT2D eigenvalue weighted by atomic mass is 16.5. The lowest BCUT2D eigenvalue weighted by molar-refractivity contribution is -0.143. The Bertz CT molecular complexity index is 1250. The molecule has 0 aromatic carbocycles. The molecule has 0 rings (SSSR count). The zero-order valence-electron chi connectivity index (χ0n) is 54.3. The van der Waals surface area contributed by atoms with Crippen molar-refractivity contribution in [3.63, 3.8) is 0 Å². The molecule has 0 saturated heterocycles. The molecule has 2 atom stereocenters. The number of unbranched alkanes of at least 4 members (excludes halogenated alkanes) is 56. The van der Waals surface area contributed by atoms with Crippen LogP contribution in [0.25, 0.3) is 0 Å². The van der Waals surface area contributed by atoms with Crippen LogP contribution in [0.15, 0.2) is 24.3 Å². The standard InChI is InChI=1S/C74H143NO5/c1-3-5-7-9-11-13-15-17-18-19-34-37-40-43-46-50-54-58-62-66-72(77)71(70-76)75-73(78)67-63-59-55-51-47-44-41-38-35-32-30-28-26-24-22-20-21-23-25-27-29-31-33-36-39-42-45-49-53-57-61-65-69-80-74(79)68-64-60-56-52-48-16-14-12-10-8-6-4-2/h12,14,62,66,71-72,76-77H,3-11,13,15-61,63-65,67-70H2,1-2H3,(H,75,78)/b14-12-,66-62+. The molecule has 0 aromatic heterocycles. The molecular weight excluding hydrogens is 983 g/mol. The molecule has 3 N–H and O–H groups in total. The number of esters is 1. The fraction of sp³-hybridized carbons (Fsp3) is 0.919. The van der Waals surface area contributed by atoms with Gasteiger partial charge in [0.05, 0.1) is 25.4 Å². The molecule has 474 valence electrons. The quantitative estimate of drug-likeness (QED) is 0.0320. The van der Waals surface area contributed by atoms with E-state index in [1.54, 1.807) is 6.08 Å². The molecule has 0 spiro atoms. The van der Waals surface area contributed by atoms with E-state index < -0.39 is 12.1 Å². The average molecular weight is 1130 g/mol. The third-order valence-corrected chi connectivity index (χ3v) is 17.2. The van der Waals surface area contributed by atoms with Crippen LogP contribution in [-0.4, -0.2) is 47.4 Å². The topological polar surface area (TPSA) is 95.9 Å². The summed E-state index contributed by atoms with van der Waals surface area (Å²) < 4.78 is 5.48. The van der Waals surface area contributed by atoms with E-state index in [0.29, 0.717) is 19.4 Å². The Morgan fingerprint density at radius 2 is 0.588 bits per heavy atom. The molecule has 0 aliphatic carbocycles. The minimum Gasteiger partial charge on any atom is -0.466 e. The number of hydrogen-bond donors (Lipinski definition) is 3. The van der Waals surface area contributed by atoms with E-state index in [-0.39, 0.29) is 18.5 Å². The van der Waals surface area contributed by atoms with Gasteiger partial charge in [-0.05, 0) is 57.8 Å². The summed E-state index contributed by atoms with van der Waals surface area (Å²) in [7, 11) is 0. The molecule has 1 amide bonds. The number of carbonyl (C=O) groups is 2. The number of allylic oxidation sites excluding steroid dienone is 3. The predicted octanol–water partition coefficient (Wildman–Crippen LogP) is 23.7. The monoisotopic (exact) mass is 1130 g/mol. The van der Waals surface area contributed by atoms with Gasteiger partial charge in [0.2, 0.25) is 5.91 Å². The van der Waals surface area contributed by atoms with Gasteiger partial charge in [0, 0.05) is 12.8 Å². The Morgan fingerprint density at radius 1 is 0.338 bits per heavy atom. The van der Waals surface area contributed by atoms with E-state index in [2.05, 4.69) is 31.3 Å². The number of aliphatic hydroxyl groups is 2. The molecule has 0 aliphatic heterocycles. The first-order valence-corrected chi connectivity index (χ1v) is 36.6. The molecule has 0 saturated carbocycles. The number of amides is 1. The van der Waals surface area contributed by atoms with E-state index in [9.17, 15) is 19.8 Å². The molecule has 6 nitrogen and oxygen atoms in total. The molecule has 0 radical (unpaired) electrons. The van der Waals surface area contributed by atoms with Crippen molar-refractivity contribution in [3.8, 4) is 0 Å². The summed E-state index contributed by atoms with van der Waals surface area (Å²) in [5, 5.41) is 23.2. The van der Waals surface area contributed by atoms with Crippen molar-refractivity contribution < 1.29 is 24.5 Å². The van der Waals surface area contributed by atoms with Crippen molar-refractivity contribution in [2.24, 2.45) is 0 Å². The largest absolute Gasteiger partial charge is 0.466 e. The Balaban J connectivity index is 3.35. The van der Waals surface area contributed by atoms with Crippen molar-refractivity contribution in [1.82, 2.24) is 5.32 Å². The fourth-order valence-electron chi connectivity index (χ4n) is 11.6. The second kappa shape index (κ2) is 69.8. The number of aliphatic hydroxyl groups excluding tert-OH is 2. The van der Waals surface area contributed by atoms with Crippen LogP contribution in [0.1, 0.15) is 412 Å². The van der Waals surface area contributed by atoms with E-state index in [4.69, 9.17) is 4.74 Å². The summed E-state index contributed by atoms with van der Waals surface area (Å²) >= 11 is 0. The van der Waals surface area contributed by atoms with Crippen LogP contribution in [0.3, 0.4) is 0 Å². The van der Waals surface area contributed by atoms with Crippen LogP contribution in [0, 0.1) is 0 Å². The van der Waals surface area contributed by atoms with Crippen LogP contribution in [-0.2, 0) is 14.3 Å². The van der Waals surface area contributed by atoms with Crippen LogP contribution >= 0.6 is 0 Å². The highest BCUT2D eigenvalue weighted by Crippen LogP contribution is 2.19. The van der Waals surface area contributed by atoms with Crippen molar-refractivity contribution in [2.75, 3.05) is 13.2 Å². The van der Waals surface area contributed by atoms with Crippen LogP contribution in [0.2, 0.25) is 0 Å². The van der Waals surface area contributed by atoms with E-state index in [1.165, 1.54) is 340 Å². The van der Waals surface area contributed by atoms with Gasteiger partial charge in [-0.2, -0.15) is 0 Å². The summed E-state index contributed by atoms with van der Waals surface area (Å²) in [4.78, 5) is 24.5. The number of ether oxygens (including phenoxy) is 1. The molecule has 0 heterocycles. The van der Waals surface area contributed by atoms with Crippen LogP contribution in [0.4, 0.5) is 0 Å². The highest BCUT2D eigenvalue weighted by molar-refractivity contribution is 5.76. The molecular formula is C74H143NO5. The highest BCUT2D eigenvalue weighted by Gasteiger charge is 2.18. The molecule has 0 aromatic rings. The first kappa shape index (κ1) is 78.3. The van der Waals surface area contributed by atoms with Gasteiger partial charge in [0.15, 0.2) is 0 Å². The van der Waals surface area contributed by atoms with Crippen LogP contribution in [0.5, 0.6) is 0 Å². The zero-order chi connectivity index (χ0) is 57.8. The number of carbonyl (C=O) groups excluding carboxylic acids is 2. The minimum atomic E-state index is -0.842. The van der Waals surface area contributed by atoms with E-state index in [1.807, 2.05) is 6.08 Å². The van der Waals surface area contributed by atoms with Crippen molar-refractivity contribution in [2.45, 2.75) is 424 Å². The zero-order valence-corrected chi connectivity index (χ0v) is 54.3. The number of rotatable bonds is 69. The first-order valence-electron chi connectivity index (χ1n) is 36.6. The molecule has 80 heavy (non-hydrogen) atoms. The smallest absolute Gasteiger partial charge is 0.305 e. The minimum absolute atomic E-state index is 0.0114. The van der Waals surface area contributed by atoms with Gasteiger partial charge in [-0.15, -0.1) is 0 Å². The third kappa shape index (κ3) is 65.5. The third-order valence-electron chi connectivity index (χ3n) is 17.2. The van der Waals surface area contributed by atoms with Gasteiger partial charge < -0.3 is 20.3 Å². The summed E-state index contributed by atoms with van der Waals surface area (Å²) in [5.74, 6) is -0.0481. The number of nitrogens with one attached hydrogen (secondary N) is 1. The van der Waals surface area contributed by atoms with E-state index >= 15 is 0 Å². The summed E-state index contributed by atoms with van der Waals surface area (Å²) in [6.07, 6.45) is 88.5. The van der Waals surface area contributed by atoms with Crippen molar-refractivity contribution in [1.29, 1.82) is 0 Å². The number of hydrogen-bond acceptors (Lipinski definition) is 5. The first-order chi connectivity index (χ1) is 39.5. The predicted molar refractivity (Wildman–Crippen MR) is 352 cm³/mol. The Kier molecular flexibility index (Phi) is 68.4.